The highest BCUT2D eigenvalue weighted by molar-refractivity contribution is 5.94. The molecular weight excluding hydrogens is 512 g/mol. The largest absolute Gasteiger partial charge is 0.494 e. The average molecular weight is 545 g/mol. The van der Waals surface area contributed by atoms with Crippen LogP contribution < -0.4 is 10.3 Å². The van der Waals surface area contributed by atoms with Crippen LogP contribution in [0.2, 0.25) is 0 Å². The topological polar surface area (TPSA) is 117 Å². The molecule has 3 aromatic carbocycles. The molecule has 1 aromatic heterocycles. The van der Waals surface area contributed by atoms with Gasteiger partial charge in [0.1, 0.15) is 11.6 Å². The third-order valence-corrected chi connectivity index (χ3v) is 6.60. The van der Waals surface area contributed by atoms with Crippen molar-refractivity contribution in [3.8, 4) is 11.4 Å². The van der Waals surface area contributed by atoms with Crippen molar-refractivity contribution in [1.29, 1.82) is 0 Å². The molecule has 0 aliphatic heterocycles. The van der Waals surface area contributed by atoms with Crippen molar-refractivity contribution in [3.63, 3.8) is 0 Å². The summed E-state index contributed by atoms with van der Waals surface area (Å²) in [6, 6.07) is 19.3. The number of carbonyl (C=O) groups excluding carboxylic acids is 1. The molecule has 0 saturated heterocycles. The zero-order chi connectivity index (χ0) is 28.6. The van der Waals surface area contributed by atoms with E-state index in [9.17, 15) is 19.7 Å². The summed E-state index contributed by atoms with van der Waals surface area (Å²) in [5.74, 6) is 0.776. The number of amides is 1. The summed E-state index contributed by atoms with van der Waals surface area (Å²) in [6.07, 6.45) is 1.01. The summed E-state index contributed by atoms with van der Waals surface area (Å²) in [5.41, 5.74) is 1.08. The van der Waals surface area contributed by atoms with Crippen LogP contribution >= 0.6 is 0 Å². The van der Waals surface area contributed by atoms with E-state index in [0.717, 1.165) is 0 Å². The van der Waals surface area contributed by atoms with Gasteiger partial charge in [0.2, 0.25) is 0 Å². The van der Waals surface area contributed by atoms with E-state index in [4.69, 9.17) is 14.5 Å². The highest BCUT2D eigenvalue weighted by atomic mass is 16.6. The number of benzene rings is 3. The number of fused-ring (bicyclic) bond motifs is 1. The van der Waals surface area contributed by atoms with Crippen molar-refractivity contribution in [2.75, 3.05) is 26.9 Å². The lowest BCUT2D eigenvalue weighted by atomic mass is 10.1. The lowest BCUT2D eigenvalue weighted by Gasteiger charge is -2.32. The van der Waals surface area contributed by atoms with E-state index in [0.29, 0.717) is 66.3 Å². The van der Waals surface area contributed by atoms with Gasteiger partial charge in [-0.05, 0) is 68.3 Å². The van der Waals surface area contributed by atoms with Gasteiger partial charge in [-0.1, -0.05) is 19.1 Å². The minimum atomic E-state index is -0.580. The number of aromatic nitrogens is 2. The van der Waals surface area contributed by atoms with Gasteiger partial charge in [0.25, 0.3) is 17.2 Å². The third kappa shape index (κ3) is 6.02. The van der Waals surface area contributed by atoms with Crippen molar-refractivity contribution in [2.24, 2.45) is 0 Å². The zero-order valence-corrected chi connectivity index (χ0v) is 22.8. The van der Waals surface area contributed by atoms with Gasteiger partial charge >= 0.3 is 0 Å². The summed E-state index contributed by atoms with van der Waals surface area (Å²) in [6.45, 7) is 5.10. The van der Waals surface area contributed by atoms with Gasteiger partial charge in [-0.3, -0.25) is 24.3 Å². The molecule has 0 bridgehead atoms. The monoisotopic (exact) mass is 544 g/mol. The predicted octanol–water partition coefficient (Wildman–Crippen LogP) is 5.32. The Balaban J connectivity index is 1.87. The molecule has 1 atom stereocenters. The molecule has 10 heteroatoms. The van der Waals surface area contributed by atoms with Crippen LogP contribution in [0.25, 0.3) is 16.6 Å². The van der Waals surface area contributed by atoms with E-state index >= 15 is 0 Å². The first-order valence-electron chi connectivity index (χ1n) is 13.2. The summed E-state index contributed by atoms with van der Waals surface area (Å²) >= 11 is 0. The molecule has 208 valence electrons. The van der Waals surface area contributed by atoms with Gasteiger partial charge in [-0.2, -0.15) is 0 Å². The zero-order valence-electron chi connectivity index (χ0n) is 22.8. The molecule has 0 aliphatic carbocycles. The Hall–Kier alpha value is -4.57. The van der Waals surface area contributed by atoms with Gasteiger partial charge < -0.3 is 14.4 Å². The number of non-ortho nitro benzene ring substituents is 1. The van der Waals surface area contributed by atoms with Crippen LogP contribution in [0.1, 0.15) is 48.9 Å². The number of hydrogen-bond acceptors (Lipinski definition) is 7. The molecule has 1 heterocycles. The molecule has 1 unspecified atom stereocenters. The summed E-state index contributed by atoms with van der Waals surface area (Å²) in [5, 5.41) is 11.6. The van der Waals surface area contributed by atoms with Crippen LogP contribution in [-0.4, -0.2) is 52.1 Å². The van der Waals surface area contributed by atoms with Crippen LogP contribution in [0.5, 0.6) is 5.75 Å². The van der Waals surface area contributed by atoms with E-state index in [-0.39, 0.29) is 17.2 Å². The first-order chi connectivity index (χ1) is 19.4. The number of methoxy groups -OCH3 is 1. The number of carbonyl (C=O) groups is 1. The molecule has 0 spiro atoms. The fraction of sp³-hybridized carbons (Fsp3) is 0.300. The maximum absolute atomic E-state index is 13.9. The van der Waals surface area contributed by atoms with Crippen molar-refractivity contribution in [1.82, 2.24) is 14.5 Å². The molecule has 10 nitrogen and oxygen atoms in total. The molecule has 0 aliphatic rings. The number of nitro benzene ring substituents is 1. The lowest BCUT2D eigenvalue weighted by molar-refractivity contribution is -0.384. The number of nitrogens with zero attached hydrogens (tertiary/aromatic N) is 4. The molecule has 0 fully saturated rings. The Bertz CT molecular complexity index is 1530. The second-order valence-electron chi connectivity index (χ2n) is 9.13. The number of rotatable bonds is 12. The van der Waals surface area contributed by atoms with Gasteiger partial charge in [0, 0.05) is 38.0 Å². The van der Waals surface area contributed by atoms with E-state index in [2.05, 4.69) is 0 Å². The Kier molecular flexibility index (Phi) is 9.23. The summed E-state index contributed by atoms with van der Waals surface area (Å²) in [7, 11) is 1.59. The van der Waals surface area contributed by atoms with Crippen molar-refractivity contribution >= 4 is 22.5 Å². The second kappa shape index (κ2) is 13.0. The standard InChI is InChI=1S/C30H32N4O6/c1-4-27(32(19-8-20-39-3)29(35)21-11-13-23(14-12-21)34(37)38)28-31-26-10-7-6-9-25(26)30(36)33(28)22-15-17-24(18-16-22)40-5-2/h6-7,9-18,27H,4-5,8,19-20H2,1-3H3. The number of hydrogen-bond donors (Lipinski definition) is 0. The quantitative estimate of drug-likeness (QED) is 0.135. The van der Waals surface area contributed by atoms with E-state index in [1.807, 2.05) is 19.9 Å². The van der Waals surface area contributed by atoms with Gasteiger partial charge in [0.15, 0.2) is 0 Å². The van der Waals surface area contributed by atoms with Crippen LogP contribution in [0, 0.1) is 10.1 Å². The number of ether oxygens (including phenoxy) is 2. The first-order valence-corrected chi connectivity index (χ1v) is 13.2. The Morgan fingerprint density at radius 1 is 1.05 bits per heavy atom. The molecule has 4 aromatic rings. The van der Waals surface area contributed by atoms with Crippen molar-refractivity contribution in [2.45, 2.75) is 32.7 Å². The van der Waals surface area contributed by atoms with Crippen LogP contribution in [0.15, 0.2) is 77.6 Å². The van der Waals surface area contributed by atoms with E-state index in [1.165, 1.54) is 24.3 Å². The fourth-order valence-corrected chi connectivity index (χ4v) is 4.69. The van der Waals surface area contributed by atoms with Crippen molar-refractivity contribution < 1.29 is 19.2 Å². The number of para-hydroxylation sites is 1. The Labute approximate surface area is 231 Å². The molecule has 0 radical (unpaired) electrons. The molecule has 0 N–H and O–H groups in total. The van der Waals surface area contributed by atoms with Gasteiger partial charge in [-0.25, -0.2) is 4.98 Å². The van der Waals surface area contributed by atoms with Gasteiger partial charge in [0.05, 0.1) is 34.2 Å². The molecular formula is C30H32N4O6. The number of nitro groups is 1. The Morgan fingerprint density at radius 2 is 1.75 bits per heavy atom. The third-order valence-electron chi connectivity index (χ3n) is 6.60. The highest BCUT2D eigenvalue weighted by Crippen LogP contribution is 2.29. The lowest BCUT2D eigenvalue weighted by Crippen LogP contribution is -2.39. The first kappa shape index (κ1) is 28.4. The summed E-state index contributed by atoms with van der Waals surface area (Å²) < 4.78 is 12.4. The van der Waals surface area contributed by atoms with Crippen LogP contribution in [0.4, 0.5) is 5.69 Å². The fourth-order valence-electron chi connectivity index (χ4n) is 4.69. The van der Waals surface area contributed by atoms with E-state index < -0.39 is 11.0 Å². The molecule has 4 rings (SSSR count). The normalized spacial score (nSPS) is 11.8. The minimum absolute atomic E-state index is 0.102. The maximum Gasteiger partial charge on any atom is 0.269 e. The van der Waals surface area contributed by atoms with Crippen LogP contribution in [0.3, 0.4) is 0 Å². The predicted molar refractivity (Wildman–Crippen MR) is 152 cm³/mol. The van der Waals surface area contributed by atoms with Crippen LogP contribution in [-0.2, 0) is 4.74 Å². The SMILES string of the molecule is CCOc1ccc(-n2c(C(CC)N(CCCOC)C(=O)c3ccc([N+](=O)[O-])cc3)nc3ccccc3c2=O)cc1. The van der Waals surface area contributed by atoms with E-state index in [1.54, 1.807) is 59.0 Å². The smallest absolute Gasteiger partial charge is 0.269 e. The molecule has 40 heavy (non-hydrogen) atoms. The molecule has 0 saturated carbocycles. The highest BCUT2D eigenvalue weighted by Gasteiger charge is 2.30. The molecule has 1 amide bonds. The minimum Gasteiger partial charge on any atom is -0.494 e. The summed E-state index contributed by atoms with van der Waals surface area (Å²) in [4.78, 5) is 45.0. The van der Waals surface area contributed by atoms with Crippen molar-refractivity contribution in [3.05, 3.63) is 105 Å². The average Bonchev–Trinajstić information content (AvgIpc) is 2.97. The Morgan fingerprint density at radius 3 is 2.38 bits per heavy atom. The maximum atomic E-state index is 13.9. The van der Waals surface area contributed by atoms with Gasteiger partial charge in [-0.15, -0.1) is 0 Å². The second-order valence-corrected chi connectivity index (χ2v) is 9.13.